The average Bonchev–Trinajstić information content (AvgIpc) is 2.14. The minimum Gasteiger partial charge on any atom is -0.490 e. The molecule has 1 aromatic carbocycles. The topological polar surface area (TPSA) is 9.23 Å². The van der Waals surface area contributed by atoms with Crippen LogP contribution >= 0.6 is 0 Å². The zero-order chi connectivity index (χ0) is 12.3. The molecule has 0 radical (unpaired) electrons. The molecule has 7 heteroatoms. The van der Waals surface area contributed by atoms with E-state index >= 15 is 0 Å². The summed E-state index contributed by atoms with van der Waals surface area (Å²) in [6.45, 7) is -1.27. The number of hydrogen-bond acceptors (Lipinski definition) is 1. The summed E-state index contributed by atoms with van der Waals surface area (Å²) in [6, 6.07) is 2.20. The zero-order valence-electron chi connectivity index (χ0n) is 10.0. The van der Waals surface area contributed by atoms with Crippen molar-refractivity contribution in [2.45, 2.75) is 13.8 Å². The molecule has 17 heavy (non-hydrogen) atoms. The summed E-state index contributed by atoms with van der Waals surface area (Å²) < 4.78 is 55.2. The van der Waals surface area contributed by atoms with Crippen molar-refractivity contribution in [2.75, 3.05) is 6.61 Å². The second kappa shape index (κ2) is 7.13. The summed E-state index contributed by atoms with van der Waals surface area (Å²) >= 11 is 0. The molecule has 0 aliphatic rings. The molecular formula is C10H12BF4KO. The molecule has 0 fully saturated rings. The molecule has 0 aliphatic carbocycles. The van der Waals surface area contributed by atoms with Crippen LogP contribution < -0.4 is 61.6 Å². The van der Waals surface area contributed by atoms with Gasteiger partial charge in [0, 0.05) is 0 Å². The molecule has 0 bridgehead atoms. The largest absolute Gasteiger partial charge is 1.00 e. The molecule has 0 saturated carbocycles. The Labute approximate surface area is 140 Å². The van der Waals surface area contributed by atoms with Crippen LogP contribution in [0.1, 0.15) is 13.8 Å². The van der Waals surface area contributed by atoms with Crippen LogP contribution in [0.5, 0.6) is 5.75 Å². The molecule has 0 amide bonds. The summed E-state index contributed by atoms with van der Waals surface area (Å²) in [5.41, 5.74) is -0.847. The third kappa shape index (κ3) is 5.74. The predicted octanol–water partition coefficient (Wildman–Crippen LogP) is -0.0811. The third-order valence-corrected chi connectivity index (χ3v) is 1.91. The number of halogens is 4. The third-order valence-electron chi connectivity index (χ3n) is 1.91. The molecule has 0 saturated heterocycles. The first-order valence-electron chi connectivity index (χ1n) is 4.93. The van der Waals surface area contributed by atoms with Gasteiger partial charge in [0.05, 0.1) is 6.61 Å². The van der Waals surface area contributed by atoms with Crippen molar-refractivity contribution in [3.05, 3.63) is 24.0 Å². The smallest absolute Gasteiger partial charge is 0.490 e. The van der Waals surface area contributed by atoms with Crippen molar-refractivity contribution >= 4 is 12.4 Å². The van der Waals surface area contributed by atoms with Gasteiger partial charge in [0.25, 0.3) is 0 Å². The first kappa shape index (κ1) is 17.4. The van der Waals surface area contributed by atoms with Gasteiger partial charge in [0.2, 0.25) is 0 Å². The second-order valence-electron chi connectivity index (χ2n) is 3.97. The van der Waals surface area contributed by atoms with Crippen molar-refractivity contribution in [3.8, 4) is 5.75 Å². The van der Waals surface area contributed by atoms with E-state index in [9.17, 15) is 17.3 Å². The number of benzene rings is 1. The van der Waals surface area contributed by atoms with E-state index in [2.05, 4.69) is 0 Å². The summed E-state index contributed by atoms with van der Waals surface area (Å²) in [6.07, 6.45) is 0. The molecule has 0 aliphatic heterocycles. The van der Waals surface area contributed by atoms with Gasteiger partial charge in [-0.3, -0.25) is 0 Å². The summed E-state index contributed by atoms with van der Waals surface area (Å²) in [7, 11) is 0. The summed E-state index contributed by atoms with van der Waals surface area (Å²) in [5, 5.41) is 0. The van der Waals surface area contributed by atoms with Gasteiger partial charge < -0.3 is 17.7 Å². The minimum atomic E-state index is -5.12. The van der Waals surface area contributed by atoms with Crippen LogP contribution in [0.2, 0.25) is 0 Å². The van der Waals surface area contributed by atoms with Crippen LogP contribution in [0.15, 0.2) is 18.2 Å². The Balaban J connectivity index is 0.00000256. The Morgan fingerprint density at radius 2 is 1.82 bits per heavy atom. The van der Waals surface area contributed by atoms with Crippen molar-refractivity contribution in [1.29, 1.82) is 0 Å². The van der Waals surface area contributed by atoms with E-state index in [4.69, 9.17) is 4.74 Å². The molecule has 1 aromatic rings. The van der Waals surface area contributed by atoms with Crippen LogP contribution in [0.3, 0.4) is 0 Å². The molecule has 0 atom stereocenters. The Hall–Kier alpha value is 0.441. The number of hydrogen-bond donors (Lipinski definition) is 0. The molecular weight excluding hydrogens is 262 g/mol. The molecule has 0 spiro atoms. The Bertz CT molecular complexity index is 368. The SMILES string of the molecule is CC(C)COc1cc([B-](F)(F)F)ccc1F.[K+]. The van der Waals surface area contributed by atoms with Crippen molar-refractivity contribution in [3.63, 3.8) is 0 Å². The van der Waals surface area contributed by atoms with E-state index in [0.717, 1.165) is 12.1 Å². The van der Waals surface area contributed by atoms with Crippen LogP contribution in [-0.4, -0.2) is 13.6 Å². The number of rotatable bonds is 4. The fourth-order valence-electron chi connectivity index (χ4n) is 1.09. The Morgan fingerprint density at radius 1 is 1.24 bits per heavy atom. The molecule has 0 aromatic heterocycles. The van der Waals surface area contributed by atoms with E-state index in [-0.39, 0.29) is 69.7 Å². The first-order chi connectivity index (χ1) is 7.30. The molecule has 1 rings (SSSR count). The minimum absolute atomic E-state index is 0. The monoisotopic (exact) mass is 274 g/mol. The maximum absolute atomic E-state index is 13.1. The van der Waals surface area contributed by atoms with Crippen molar-refractivity contribution in [1.82, 2.24) is 0 Å². The fourth-order valence-corrected chi connectivity index (χ4v) is 1.09. The van der Waals surface area contributed by atoms with Gasteiger partial charge in [-0.1, -0.05) is 19.9 Å². The predicted molar refractivity (Wildman–Crippen MR) is 55.4 cm³/mol. The summed E-state index contributed by atoms with van der Waals surface area (Å²) in [4.78, 5) is 0. The molecule has 0 unspecified atom stereocenters. The van der Waals surface area contributed by atoms with Crippen LogP contribution in [0.25, 0.3) is 0 Å². The van der Waals surface area contributed by atoms with E-state index in [1.807, 2.05) is 13.8 Å². The van der Waals surface area contributed by atoms with Gasteiger partial charge in [-0.05, 0) is 18.1 Å². The van der Waals surface area contributed by atoms with Gasteiger partial charge in [0.1, 0.15) is 0 Å². The Morgan fingerprint density at radius 3 is 2.29 bits per heavy atom. The maximum Gasteiger partial charge on any atom is 1.00 e. The number of ether oxygens (including phenoxy) is 1. The molecule has 0 heterocycles. The second-order valence-corrected chi connectivity index (χ2v) is 3.97. The van der Waals surface area contributed by atoms with Crippen molar-refractivity contribution < 1.29 is 73.5 Å². The van der Waals surface area contributed by atoms with E-state index in [0.29, 0.717) is 6.07 Å². The molecule has 90 valence electrons. The first-order valence-corrected chi connectivity index (χ1v) is 4.93. The van der Waals surface area contributed by atoms with Crippen LogP contribution in [-0.2, 0) is 0 Å². The van der Waals surface area contributed by atoms with Gasteiger partial charge in [0.15, 0.2) is 11.6 Å². The van der Waals surface area contributed by atoms with Gasteiger partial charge in [-0.15, -0.1) is 5.46 Å². The van der Waals surface area contributed by atoms with Crippen molar-refractivity contribution in [2.24, 2.45) is 5.92 Å². The Kier molecular flexibility index (Phi) is 7.32. The van der Waals surface area contributed by atoms with Gasteiger partial charge in [-0.25, -0.2) is 4.39 Å². The fraction of sp³-hybridized carbons (Fsp3) is 0.400. The normalized spacial score (nSPS) is 11.2. The quantitative estimate of drug-likeness (QED) is 0.551. The summed E-state index contributed by atoms with van der Waals surface area (Å²) in [5.74, 6) is -0.991. The maximum atomic E-state index is 13.1. The van der Waals surface area contributed by atoms with Gasteiger partial charge in [-0.2, -0.15) is 0 Å². The van der Waals surface area contributed by atoms with Crippen LogP contribution in [0, 0.1) is 11.7 Å². The van der Waals surface area contributed by atoms with E-state index < -0.39 is 18.3 Å². The average molecular weight is 274 g/mol. The van der Waals surface area contributed by atoms with Crippen LogP contribution in [0.4, 0.5) is 17.3 Å². The van der Waals surface area contributed by atoms with Gasteiger partial charge >= 0.3 is 58.4 Å². The van der Waals surface area contributed by atoms with E-state index in [1.165, 1.54) is 0 Å². The standard InChI is InChI=1S/C10H12BF4O.K/c1-7(2)6-16-10-5-8(11(13,14)15)3-4-9(10)12;/h3-5,7H,6H2,1-2H3;/q-1;+1. The molecule has 1 nitrogen and oxygen atoms in total. The zero-order valence-corrected chi connectivity index (χ0v) is 13.1. The van der Waals surface area contributed by atoms with E-state index in [1.54, 1.807) is 0 Å². The molecule has 0 N–H and O–H groups in total.